The lowest BCUT2D eigenvalue weighted by Gasteiger charge is -2.44. The first-order valence-corrected chi connectivity index (χ1v) is 16.3. The van der Waals surface area contributed by atoms with Crippen LogP contribution < -0.4 is 9.47 Å². The van der Waals surface area contributed by atoms with E-state index >= 15 is 0 Å². The number of ketones is 2. The van der Waals surface area contributed by atoms with Gasteiger partial charge in [-0.25, -0.2) is 0 Å². The Hall–Kier alpha value is -3.35. The number of hydrogen-bond donors (Lipinski definition) is 0. The van der Waals surface area contributed by atoms with Crippen molar-refractivity contribution >= 4 is 39.1 Å². The third-order valence-corrected chi connectivity index (χ3v) is 9.36. The van der Waals surface area contributed by atoms with Crippen LogP contribution in [0.1, 0.15) is 68.1 Å². The van der Waals surface area contributed by atoms with Crippen molar-refractivity contribution in [1.29, 1.82) is 0 Å². The van der Waals surface area contributed by atoms with Crippen LogP contribution in [0, 0.1) is 0 Å². The zero-order chi connectivity index (χ0) is 29.9. The molecule has 0 spiro atoms. The number of benzene rings is 3. The Bertz CT molecular complexity index is 1550. The molecular weight excluding hydrogens is 626 g/mol. The highest BCUT2D eigenvalue weighted by Crippen LogP contribution is 2.51. The predicted molar refractivity (Wildman–Crippen MR) is 172 cm³/mol. The molecule has 5 nitrogen and oxygen atoms in total. The van der Waals surface area contributed by atoms with E-state index in [4.69, 9.17) is 21.1 Å². The van der Waals surface area contributed by atoms with Gasteiger partial charge in [-0.3, -0.25) is 9.59 Å². The first-order chi connectivity index (χ1) is 20.9. The van der Waals surface area contributed by atoms with E-state index in [0.717, 1.165) is 76.8 Å². The molecule has 43 heavy (non-hydrogen) atoms. The molecule has 0 unspecified atom stereocenters. The second kappa shape index (κ2) is 13.1. The molecule has 1 aliphatic heterocycles. The molecule has 222 valence electrons. The summed E-state index contributed by atoms with van der Waals surface area (Å²) in [6.45, 7) is 3.48. The summed E-state index contributed by atoms with van der Waals surface area (Å²) in [6, 6.07) is 21.9. The summed E-state index contributed by atoms with van der Waals surface area (Å²) in [4.78, 5) is 29.9. The van der Waals surface area contributed by atoms with E-state index in [1.54, 1.807) is 0 Å². The van der Waals surface area contributed by atoms with Crippen molar-refractivity contribution in [3.63, 3.8) is 0 Å². The van der Waals surface area contributed by atoms with Crippen molar-refractivity contribution in [2.24, 2.45) is 0 Å². The van der Waals surface area contributed by atoms with Crippen molar-refractivity contribution in [2.75, 3.05) is 13.2 Å². The van der Waals surface area contributed by atoms with Gasteiger partial charge in [-0.05, 0) is 95.9 Å². The van der Waals surface area contributed by atoms with Crippen molar-refractivity contribution in [1.82, 2.24) is 4.90 Å². The Labute approximate surface area is 266 Å². The van der Waals surface area contributed by atoms with Crippen LogP contribution in [-0.4, -0.2) is 29.6 Å². The number of halogens is 2. The molecule has 7 heteroatoms. The van der Waals surface area contributed by atoms with Crippen LogP contribution >= 0.6 is 27.5 Å². The second-order valence-corrected chi connectivity index (χ2v) is 12.6. The molecule has 6 rings (SSSR count). The molecule has 0 fully saturated rings. The van der Waals surface area contributed by atoms with Crippen LogP contribution in [0.25, 0.3) is 0 Å². The number of Topliss-reactive ketones (excluding diaryl/α,β-unsaturated/α-hetero) is 2. The average molecular weight is 661 g/mol. The molecule has 1 heterocycles. The third-order valence-electron chi connectivity index (χ3n) is 8.51. The van der Waals surface area contributed by atoms with Gasteiger partial charge in [-0.15, -0.1) is 0 Å². The normalized spacial score (nSPS) is 17.2. The van der Waals surface area contributed by atoms with Crippen LogP contribution in [-0.2, 0) is 22.6 Å². The van der Waals surface area contributed by atoms with Crippen LogP contribution in [0.4, 0.5) is 0 Å². The maximum Gasteiger partial charge on any atom is 0.175 e. The summed E-state index contributed by atoms with van der Waals surface area (Å²) in [5.74, 6) is 1.04. The highest BCUT2D eigenvalue weighted by Gasteiger charge is 2.43. The summed E-state index contributed by atoms with van der Waals surface area (Å²) in [7, 11) is 0. The van der Waals surface area contributed by atoms with Gasteiger partial charge < -0.3 is 14.4 Å². The fourth-order valence-corrected chi connectivity index (χ4v) is 7.30. The Morgan fingerprint density at radius 1 is 0.837 bits per heavy atom. The van der Waals surface area contributed by atoms with E-state index in [9.17, 15) is 9.59 Å². The zero-order valence-electron chi connectivity index (χ0n) is 24.3. The zero-order valence-corrected chi connectivity index (χ0v) is 26.7. The number of nitrogens with zero attached hydrogens (tertiary/aromatic N) is 1. The van der Waals surface area contributed by atoms with Crippen molar-refractivity contribution in [3.05, 3.63) is 115 Å². The van der Waals surface area contributed by atoms with E-state index in [2.05, 4.69) is 45.1 Å². The van der Waals surface area contributed by atoms with Crippen LogP contribution in [0.15, 0.2) is 93.7 Å². The number of carbonyl (C=O) groups excluding carboxylic acids is 2. The Kier molecular flexibility index (Phi) is 9.06. The molecule has 3 aromatic rings. The van der Waals surface area contributed by atoms with Gasteiger partial charge in [0, 0.05) is 52.9 Å². The lowest BCUT2D eigenvalue weighted by Crippen LogP contribution is -2.40. The van der Waals surface area contributed by atoms with Crippen LogP contribution in [0.3, 0.4) is 0 Å². The van der Waals surface area contributed by atoms with Gasteiger partial charge in [0.2, 0.25) is 0 Å². The summed E-state index contributed by atoms with van der Waals surface area (Å²) < 4.78 is 13.1. The van der Waals surface area contributed by atoms with Crippen LogP contribution in [0.5, 0.6) is 11.5 Å². The van der Waals surface area contributed by atoms with E-state index in [1.807, 2.05) is 49.4 Å². The fraction of sp³-hybridized carbons (Fsp3) is 0.333. The Morgan fingerprint density at radius 3 is 2.12 bits per heavy atom. The molecule has 0 radical (unpaired) electrons. The van der Waals surface area contributed by atoms with E-state index in [1.165, 1.54) is 5.56 Å². The number of hydrogen-bond acceptors (Lipinski definition) is 5. The average Bonchev–Trinajstić information content (AvgIpc) is 3.01. The SMILES string of the molecule is CCOc1cc(C2C3=C(CCCC3=O)N(CCc3ccccc3)C3=C2C(=O)CCC3)cc(Br)c1OCc1ccc(Cl)cc1. The smallest absolute Gasteiger partial charge is 0.175 e. The molecule has 2 aliphatic carbocycles. The van der Waals surface area contributed by atoms with Gasteiger partial charge in [0.05, 0.1) is 11.1 Å². The summed E-state index contributed by atoms with van der Waals surface area (Å²) >= 11 is 9.81. The molecule has 0 amide bonds. The van der Waals surface area contributed by atoms with Crippen molar-refractivity contribution in [2.45, 2.75) is 64.4 Å². The Balaban J connectivity index is 1.41. The lowest BCUT2D eigenvalue weighted by molar-refractivity contribution is -0.117. The molecule has 0 saturated carbocycles. The van der Waals surface area contributed by atoms with Gasteiger partial charge in [0.1, 0.15) is 6.61 Å². The Morgan fingerprint density at radius 2 is 1.49 bits per heavy atom. The molecule has 3 aliphatic rings. The first kappa shape index (κ1) is 29.7. The molecule has 0 bridgehead atoms. The lowest BCUT2D eigenvalue weighted by atomic mass is 9.71. The number of ether oxygens (including phenoxy) is 2. The monoisotopic (exact) mass is 659 g/mol. The summed E-state index contributed by atoms with van der Waals surface area (Å²) in [6.07, 6.45) is 5.17. The topological polar surface area (TPSA) is 55.8 Å². The van der Waals surface area contributed by atoms with Crippen molar-refractivity contribution in [3.8, 4) is 11.5 Å². The quantitative estimate of drug-likeness (QED) is 0.230. The maximum absolute atomic E-state index is 13.8. The molecule has 3 aromatic carbocycles. The third kappa shape index (κ3) is 6.18. The van der Waals surface area contributed by atoms with Gasteiger partial charge in [0.15, 0.2) is 23.1 Å². The first-order valence-electron chi connectivity index (χ1n) is 15.1. The van der Waals surface area contributed by atoms with Gasteiger partial charge in [0.25, 0.3) is 0 Å². The number of allylic oxidation sites excluding steroid dienone is 4. The van der Waals surface area contributed by atoms with E-state index in [-0.39, 0.29) is 11.6 Å². The van der Waals surface area contributed by atoms with Gasteiger partial charge in [-0.1, -0.05) is 54.1 Å². The second-order valence-electron chi connectivity index (χ2n) is 11.3. The minimum Gasteiger partial charge on any atom is -0.490 e. The fourth-order valence-electron chi connectivity index (χ4n) is 6.60. The summed E-state index contributed by atoms with van der Waals surface area (Å²) in [5, 5.41) is 0.673. The van der Waals surface area contributed by atoms with Gasteiger partial charge in [-0.2, -0.15) is 0 Å². The minimum absolute atomic E-state index is 0.137. The number of carbonyl (C=O) groups is 2. The molecule has 0 aromatic heterocycles. The molecule has 0 saturated heterocycles. The number of rotatable bonds is 9. The molecule has 0 N–H and O–H groups in total. The standard InChI is InChI=1S/C36H35BrClNO4/c1-2-42-32-21-25(20-27(37)36(32)43-22-24-14-16-26(38)17-15-24)33-34-28(10-6-12-30(34)40)39(19-18-23-8-4-3-5-9-23)29-11-7-13-31(41)35(29)33/h3-5,8-9,14-17,20-21,33H,2,6-7,10-13,18-19,22H2,1H3. The molecule has 0 atom stereocenters. The van der Waals surface area contributed by atoms with Crippen LogP contribution in [0.2, 0.25) is 5.02 Å². The highest BCUT2D eigenvalue weighted by molar-refractivity contribution is 9.10. The minimum atomic E-state index is -0.417. The molecular formula is C36H35BrClNO4. The van der Waals surface area contributed by atoms with E-state index < -0.39 is 5.92 Å². The van der Waals surface area contributed by atoms with E-state index in [0.29, 0.717) is 42.6 Å². The summed E-state index contributed by atoms with van der Waals surface area (Å²) in [5.41, 5.74) is 6.83. The predicted octanol–water partition coefficient (Wildman–Crippen LogP) is 8.74. The van der Waals surface area contributed by atoms with Crippen molar-refractivity contribution < 1.29 is 19.1 Å². The van der Waals surface area contributed by atoms with Gasteiger partial charge >= 0.3 is 0 Å². The largest absolute Gasteiger partial charge is 0.490 e. The highest BCUT2D eigenvalue weighted by atomic mass is 79.9. The maximum atomic E-state index is 13.8.